The molecule has 7 heteroatoms. The van der Waals surface area contributed by atoms with Crippen molar-refractivity contribution in [1.29, 1.82) is 0 Å². The van der Waals surface area contributed by atoms with Crippen LogP contribution in [-0.2, 0) is 4.74 Å². The highest BCUT2D eigenvalue weighted by atomic mass is 16.5. The van der Waals surface area contributed by atoms with Crippen molar-refractivity contribution in [2.24, 2.45) is 5.92 Å². The quantitative estimate of drug-likeness (QED) is 0.624. The lowest BCUT2D eigenvalue weighted by Gasteiger charge is -2.11. The summed E-state index contributed by atoms with van der Waals surface area (Å²) in [5, 5.41) is 6.02. The molecule has 3 rings (SSSR count). The molecule has 0 spiro atoms. The number of hydrogen-bond donors (Lipinski definition) is 3. The number of ether oxygens (including phenoxy) is 1. The first-order chi connectivity index (χ1) is 13.4. The van der Waals surface area contributed by atoms with Crippen LogP contribution in [-0.4, -0.2) is 23.6 Å². The highest BCUT2D eigenvalue weighted by molar-refractivity contribution is 6.12. The van der Waals surface area contributed by atoms with E-state index in [0.29, 0.717) is 28.9 Å². The number of amides is 2. The second-order valence-electron chi connectivity index (χ2n) is 6.75. The van der Waals surface area contributed by atoms with Crippen LogP contribution in [0.4, 0.5) is 16.2 Å². The second-order valence-corrected chi connectivity index (χ2v) is 6.75. The molecule has 1 aromatic heterocycles. The van der Waals surface area contributed by atoms with E-state index in [1.54, 1.807) is 48.5 Å². The van der Waals surface area contributed by atoms with Gasteiger partial charge < -0.3 is 15.0 Å². The zero-order valence-corrected chi connectivity index (χ0v) is 15.6. The van der Waals surface area contributed by atoms with E-state index in [4.69, 9.17) is 4.74 Å². The summed E-state index contributed by atoms with van der Waals surface area (Å²) < 4.78 is 5.08. The minimum atomic E-state index is -0.558. The van der Waals surface area contributed by atoms with Crippen molar-refractivity contribution in [2.75, 3.05) is 17.2 Å². The summed E-state index contributed by atoms with van der Waals surface area (Å²) in [4.78, 5) is 39.1. The molecule has 0 atom stereocenters. The zero-order chi connectivity index (χ0) is 20.1. The van der Waals surface area contributed by atoms with Crippen molar-refractivity contribution >= 4 is 34.3 Å². The molecule has 0 aliphatic rings. The van der Waals surface area contributed by atoms with E-state index < -0.39 is 12.0 Å². The van der Waals surface area contributed by atoms with Gasteiger partial charge >= 0.3 is 6.09 Å². The molecule has 1 heterocycles. The molecule has 0 fully saturated rings. The van der Waals surface area contributed by atoms with Crippen LogP contribution >= 0.6 is 0 Å². The molecule has 2 aromatic carbocycles. The third-order valence-corrected chi connectivity index (χ3v) is 3.91. The summed E-state index contributed by atoms with van der Waals surface area (Å²) >= 11 is 0. The van der Waals surface area contributed by atoms with Crippen LogP contribution in [0.2, 0.25) is 0 Å². The Morgan fingerprint density at radius 3 is 2.46 bits per heavy atom. The summed E-state index contributed by atoms with van der Waals surface area (Å²) in [6.45, 7) is 4.21. The number of aromatic nitrogens is 1. The van der Waals surface area contributed by atoms with Gasteiger partial charge in [0.25, 0.3) is 5.91 Å². The maximum absolute atomic E-state index is 12.7. The number of aromatic amines is 1. The highest BCUT2D eigenvalue weighted by Gasteiger charge is 2.12. The highest BCUT2D eigenvalue weighted by Crippen LogP contribution is 2.19. The van der Waals surface area contributed by atoms with Gasteiger partial charge in [0.1, 0.15) is 0 Å². The number of fused-ring (bicyclic) bond motifs is 1. The van der Waals surface area contributed by atoms with Crippen LogP contribution in [0.1, 0.15) is 24.2 Å². The Morgan fingerprint density at radius 2 is 1.71 bits per heavy atom. The van der Waals surface area contributed by atoms with Crippen LogP contribution in [0, 0.1) is 5.92 Å². The molecule has 0 radical (unpaired) electrons. The summed E-state index contributed by atoms with van der Waals surface area (Å²) in [6, 6.07) is 15.0. The van der Waals surface area contributed by atoms with Gasteiger partial charge in [-0.1, -0.05) is 38.1 Å². The number of pyridine rings is 1. The fourth-order valence-electron chi connectivity index (χ4n) is 2.66. The number of anilines is 2. The van der Waals surface area contributed by atoms with Gasteiger partial charge in [-0.2, -0.15) is 0 Å². The summed E-state index contributed by atoms with van der Waals surface area (Å²) in [7, 11) is 0. The molecular formula is C21H21N3O4. The maximum atomic E-state index is 12.7. The molecule has 0 bridgehead atoms. The van der Waals surface area contributed by atoms with Gasteiger partial charge in [-0.3, -0.25) is 14.9 Å². The van der Waals surface area contributed by atoms with E-state index in [2.05, 4.69) is 15.6 Å². The lowest BCUT2D eigenvalue weighted by molar-refractivity contribution is 0.102. The summed E-state index contributed by atoms with van der Waals surface area (Å²) in [5.74, 6) is -0.179. The van der Waals surface area contributed by atoms with Crippen molar-refractivity contribution < 1.29 is 14.3 Å². The standard InChI is InChI=1S/C21H21N3O4/c1-13(2)12-28-21(27)23-15-7-5-6-14(10-15)22-20(26)17-11-19(25)24-18-9-4-3-8-16(17)18/h3-11,13H,12H2,1-2H3,(H,22,26)(H,23,27)(H,24,25). The van der Waals surface area contributed by atoms with Crippen molar-refractivity contribution in [2.45, 2.75) is 13.8 Å². The monoisotopic (exact) mass is 379 g/mol. The number of carbonyl (C=O) groups is 2. The molecule has 0 aliphatic carbocycles. The maximum Gasteiger partial charge on any atom is 0.411 e. The number of hydrogen-bond acceptors (Lipinski definition) is 4. The molecule has 0 saturated heterocycles. The van der Waals surface area contributed by atoms with E-state index in [1.807, 2.05) is 13.8 Å². The molecule has 3 aromatic rings. The minimum Gasteiger partial charge on any atom is -0.449 e. The lowest BCUT2D eigenvalue weighted by atomic mass is 10.1. The Morgan fingerprint density at radius 1 is 1.00 bits per heavy atom. The van der Waals surface area contributed by atoms with Crippen molar-refractivity contribution in [3.05, 3.63) is 70.5 Å². The zero-order valence-electron chi connectivity index (χ0n) is 15.6. The number of nitrogens with one attached hydrogen (secondary N) is 3. The average molecular weight is 379 g/mol. The number of rotatable bonds is 5. The van der Waals surface area contributed by atoms with Crippen molar-refractivity contribution in [1.82, 2.24) is 4.98 Å². The third kappa shape index (κ3) is 4.76. The fraction of sp³-hybridized carbons (Fsp3) is 0.190. The SMILES string of the molecule is CC(C)COC(=O)Nc1cccc(NC(=O)c2cc(=O)[nH]c3ccccc23)c1. The summed E-state index contributed by atoms with van der Waals surface area (Å²) in [5.41, 5.74) is 1.48. The van der Waals surface area contributed by atoms with E-state index in [0.717, 1.165) is 0 Å². The molecule has 0 unspecified atom stereocenters. The van der Waals surface area contributed by atoms with Gasteiger partial charge in [-0.25, -0.2) is 4.79 Å². The normalized spacial score (nSPS) is 10.7. The molecule has 0 aliphatic heterocycles. The minimum absolute atomic E-state index is 0.236. The summed E-state index contributed by atoms with van der Waals surface area (Å²) in [6.07, 6.45) is -0.558. The molecule has 0 saturated carbocycles. The molecule has 28 heavy (non-hydrogen) atoms. The van der Waals surface area contributed by atoms with Gasteiger partial charge in [0, 0.05) is 28.3 Å². The Labute approximate surface area is 161 Å². The number of benzene rings is 2. The second kappa shape index (κ2) is 8.39. The number of para-hydroxylation sites is 1. The third-order valence-electron chi connectivity index (χ3n) is 3.91. The smallest absolute Gasteiger partial charge is 0.411 e. The van der Waals surface area contributed by atoms with E-state index >= 15 is 0 Å². The lowest BCUT2D eigenvalue weighted by Crippen LogP contribution is -2.18. The van der Waals surface area contributed by atoms with Crippen LogP contribution in [0.15, 0.2) is 59.4 Å². The average Bonchev–Trinajstić information content (AvgIpc) is 2.66. The fourth-order valence-corrected chi connectivity index (χ4v) is 2.66. The van der Waals surface area contributed by atoms with E-state index in [9.17, 15) is 14.4 Å². The topological polar surface area (TPSA) is 100 Å². The number of carbonyl (C=O) groups excluding carboxylic acids is 2. The molecule has 2 amide bonds. The number of H-pyrrole nitrogens is 1. The Kier molecular flexibility index (Phi) is 5.74. The van der Waals surface area contributed by atoms with E-state index in [-0.39, 0.29) is 17.0 Å². The molecular weight excluding hydrogens is 358 g/mol. The van der Waals surface area contributed by atoms with Crippen LogP contribution in [0.25, 0.3) is 10.9 Å². The molecule has 7 nitrogen and oxygen atoms in total. The van der Waals surface area contributed by atoms with Crippen LogP contribution in [0.3, 0.4) is 0 Å². The van der Waals surface area contributed by atoms with Gasteiger partial charge in [-0.05, 0) is 30.2 Å². The van der Waals surface area contributed by atoms with Gasteiger partial charge in [0.2, 0.25) is 5.56 Å². The Hall–Kier alpha value is -3.61. The van der Waals surface area contributed by atoms with Crippen molar-refractivity contribution in [3.8, 4) is 0 Å². The Bertz CT molecular complexity index is 1070. The van der Waals surface area contributed by atoms with Crippen LogP contribution < -0.4 is 16.2 Å². The molecule has 3 N–H and O–H groups in total. The van der Waals surface area contributed by atoms with Gasteiger partial charge in [0.15, 0.2) is 0 Å². The first-order valence-electron chi connectivity index (χ1n) is 8.89. The van der Waals surface area contributed by atoms with E-state index in [1.165, 1.54) is 6.07 Å². The predicted octanol–water partition coefficient (Wildman–Crippen LogP) is 3.98. The molecule has 144 valence electrons. The largest absolute Gasteiger partial charge is 0.449 e. The predicted molar refractivity (Wildman–Crippen MR) is 109 cm³/mol. The van der Waals surface area contributed by atoms with Crippen molar-refractivity contribution in [3.63, 3.8) is 0 Å². The van der Waals surface area contributed by atoms with Gasteiger partial charge in [0.05, 0.1) is 12.2 Å². The first-order valence-corrected chi connectivity index (χ1v) is 8.89. The Balaban J connectivity index is 1.77. The first kappa shape index (κ1) is 19.2. The van der Waals surface area contributed by atoms with Gasteiger partial charge in [-0.15, -0.1) is 0 Å². The van der Waals surface area contributed by atoms with Crippen LogP contribution in [0.5, 0.6) is 0 Å².